The summed E-state index contributed by atoms with van der Waals surface area (Å²) in [4.78, 5) is 12.2. The van der Waals surface area contributed by atoms with E-state index in [2.05, 4.69) is 20.1 Å². The van der Waals surface area contributed by atoms with Crippen molar-refractivity contribution in [3.05, 3.63) is 0 Å². The number of ether oxygens (including phenoxy) is 1. The fraction of sp³-hybridized carbons (Fsp3) is 0.962. The van der Waals surface area contributed by atoms with E-state index in [1.807, 2.05) is 0 Å². The minimum Gasteiger partial charge on any atom is -0.458 e. The molecule has 0 aliphatic heterocycles. The van der Waals surface area contributed by atoms with Gasteiger partial charge in [0.05, 0.1) is 0 Å². The Morgan fingerprint density at radius 3 is 1.71 bits per heavy atom. The molecular weight excluding hydrogens is 414 g/mol. The van der Waals surface area contributed by atoms with Crippen LogP contribution in [0.3, 0.4) is 0 Å². The van der Waals surface area contributed by atoms with Crippen LogP contribution >= 0.6 is 11.8 Å². The van der Waals surface area contributed by atoms with E-state index in [0.29, 0.717) is 6.42 Å². The van der Waals surface area contributed by atoms with Crippen molar-refractivity contribution in [1.29, 1.82) is 0 Å². The second kappa shape index (κ2) is 21.5. The number of rotatable bonds is 23. The number of thioether (sulfide) groups is 1. The average molecular weight is 465 g/mol. The van der Waals surface area contributed by atoms with Crippen LogP contribution in [0.2, 0.25) is 0 Å². The molecule has 2 nitrogen and oxygen atoms in total. The molecule has 0 aromatic carbocycles. The molecule has 0 saturated heterocycles. The third-order valence-corrected chi connectivity index (χ3v) is 6.62. The summed E-state index contributed by atoms with van der Waals surface area (Å²) in [6, 6.07) is 0. The Kier molecular flexibility index (Phi) is 21.3. The van der Waals surface area contributed by atoms with Crippen molar-refractivity contribution in [2.24, 2.45) is 0 Å². The first kappa shape index (κ1) is 30.7. The Morgan fingerprint density at radius 1 is 0.742 bits per heavy atom. The number of carbonyl (C=O) groups is 1. The largest absolute Gasteiger partial charge is 0.458 e. The van der Waals surface area contributed by atoms with E-state index < -0.39 is 11.9 Å². The van der Waals surface area contributed by atoms with Gasteiger partial charge in [0.1, 0.15) is 6.10 Å². The molecule has 0 atom stereocenters. The summed E-state index contributed by atoms with van der Waals surface area (Å²) in [5.41, 5.74) is 0. The molecule has 0 saturated carbocycles. The van der Waals surface area contributed by atoms with Gasteiger partial charge in [0.2, 0.25) is 0 Å². The van der Waals surface area contributed by atoms with E-state index in [1.165, 1.54) is 51.4 Å². The van der Waals surface area contributed by atoms with E-state index in [4.69, 9.17) is 4.74 Å². The number of halogens is 2. The van der Waals surface area contributed by atoms with Crippen molar-refractivity contribution < 1.29 is 18.3 Å². The maximum absolute atomic E-state index is 14.3. The zero-order chi connectivity index (χ0) is 23.2. The van der Waals surface area contributed by atoms with Gasteiger partial charge in [-0.3, -0.25) is 0 Å². The average Bonchev–Trinajstić information content (AvgIpc) is 2.75. The van der Waals surface area contributed by atoms with E-state index in [0.717, 1.165) is 63.5 Å². The lowest BCUT2D eigenvalue weighted by Gasteiger charge is -2.22. The summed E-state index contributed by atoms with van der Waals surface area (Å²) >= 11 is 1.78. The Labute approximate surface area is 196 Å². The van der Waals surface area contributed by atoms with Crippen LogP contribution in [0.25, 0.3) is 0 Å². The highest BCUT2D eigenvalue weighted by atomic mass is 32.2. The van der Waals surface area contributed by atoms with E-state index in [9.17, 15) is 13.6 Å². The number of alkyl halides is 2. The summed E-state index contributed by atoms with van der Waals surface area (Å²) in [6.07, 6.45) is 19.7. The number of hydrogen-bond acceptors (Lipinski definition) is 3. The molecule has 0 aliphatic rings. The van der Waals surface area contributed by atoms with Gasteiger partial charge in [-0.1, -0.05) is 90.9 Å². The minimum atomic E-state index is -3.35. The number of hydrogen-bond donors (Lipinski definition) is 0. The minimum absolute atomic E-state index is 0.350. The highest BCUT2D eigenvalue weighted by Gasteiger charge is 2.40. The van der Waals surface area contributed by atoms with Gasteiger partial charge in [-0.2, -0.15) is 20.5 Å². The summed E-state index contributed by atoms with van der Waals surface area (Å²) in [5.74, 6) is -3.57. The van der Waals surface area contributed by atoms with Gasteiger partial charge in [-0.25, -0.2) is 4.79 Å². The molecular formula is C26H50F2O2S. The first-order valence-corrected chi connectivity index (χ1v) is 14.4. The summed E-state index contributed by atoms with van der Waals surface area (Å²) in [5, 5.41) is 0. The highest BCUT2D eigenvalue weighted by molar-refractivity contribution is 7.98. The molecule has 0 fully saturated rings. The van der Waals surface area contributed by atoms with Crippen LogP contribution in [-0.4, -0.2) is 30.0 Å². The Bertz CT molecular complexity index is 389. The van der Waals surface area contributed by atoms with Gasteiger partial charge in [0.15, 0.2) is 0 Å². The van der Waals surface area contributed by atoms with Crippen LogP contribution in [-0.2, 0) is 9.53 Å². The maximum atomic E-state index is 14.3. The molecule has 0 unspecified atom stereocenters. The molecule has 5 heteroatoms. The van der Waals surface area contributed by atoms with Crippen molar-refractivity contribution in [1.82, 2.24) is 0 Å². The molecule has 0 heterocycles. The molecule has 0 N–H and O–H groups in total. The van der Waals surface area contributed by atoms with Gasteiger partial charge < -0.3 is 4.74 Å². The summed E-state index contributed by atoms with van der Waals surface area (Å²) in [6.45, 7) is 4.39. The fourth-order valence-electron chi connectivity index (χ4n) is 3.85. The normalized spacial score (nSPS) is 11.9. The molecule has 0 amide bonds. The Balaban J connectivity index is 4.37. The van der Waals surface area contributed by atoms with E-state index in [1.54, 1.807) is 11.8 Å². The van der Waals surface area contributed by atoms with Crippen LogP contribution in [0, 0.1) is 0 Å². The quantitative estimate of drug-likeness (QED) is 0.111. The van der Waals surface area contributed by atoms with Gasteiger partial charge in [0, 0.05) is 6.42 Å². The standard InChI is InChI=1S/C26H50F2O2S/c1-4-6-8-10-12-16-20-24(21-17-13-11-9-7-5-2)30-25(29)26(27,28)22-18-14-15-19-23-31-3/h24H,4-23H2,1-3H3. The Hall–Kier alpha value is -0.320. The van der Waals surface area contributed by atoms with Crippen molar-refractivity contribution in [2.75, 3.05) is 12.0 Å². The Morgan fingerprint density at radius 2 is 1.19 bits per heavy atom. The van der Waals surface area contributed by atoms with Gasteiger partial charge in [-0.15, -0.1) is 0 Å². The van der Waals surface area contributed by atoms with Gasteiger partial charge in [0.25, 0.3) is 0 Å². The lowest BCUT2D eigenvalue weighted by molar-refractivity contribution is -0.179. The van der Waals surface area contributed by atoms with Crippen LogP contribution < -0.4 is 0 Å². The van der Waals surface area contributed by atoms with E-state index >= 15 is 0 Å². The molecule has 31 heavy (non-hydrogen) atoms. The molecule has 0 radical (unpaired) electrons. The summed E-state index contributed by atoms with van der Waals surface area (Å²) < 4.78 is 34.0. The zero-order valence-corrected chi connectivity index (χ0v) is 21.5. The van der Waals surface area contributed by atoms with Crippen LogP contribution in [0.5, 0.6) is 0 Å². The predicted molar refractivity (Wildman–Crippen MR) is 132 cm³/mol. The lowest BCUT2D eigenvalue weighted by Crippen LogP contribution is -2.34. The van der Waals surface area contributed by atoms with Gasteiger partial charge >= 0.3 is 11.9 Å². The molecule has 0 rings (SSSR count). The molecule has 0 aromatic rings. The van der Waals surface area contributed by atoms with Crippen molar-refractivity contribution in [3.63, 3.8) is 0 Å². The second-order valence-corrected chi connectivity index (χ2v) is 9.99. The third-order valence-electron chi connectivity index (χ3n) is 5.92. The molecule has 0 aromatic heterocycles. The molecule has 0 bridgehead atoms. The highest BCUT2D eigenvalue weighted by Crippen LogP contribution is 2.26. The predicted octanol–water partition coefficient (Wildman–Crippen LogP) is 9.35. The first-order chi connectivity index (χ1) is 15.0. The zero-order valence-electron chi connectivity index (χ0n) is 20.7. The lowest BCUT2D eigenvalue weighted by atomic mass is 10.0. The number of carbonyl (C=O) groups excluding carboxylic acids is 1. The van der Waals surface area contributed by atoms with E-state index in [-0.39, 0.29) is 12.5 Å². The van der Waals surface area contributed by atoms with Crippen LogP contribution in [0.4, 0.5) is 8.78 Å². The molecule has 0 aliphatic carbocycles. The number of esters is 1. The molecule has 186 valence electrons. The first-order valence-electron chi connectivity index (χ1n) is 13.1. The fourth-order valence-corrected chi connectivity index (χ4v) is 4.35. The van der Waals surface area contributed by atoms with Crippen molar-refractivity contribution in [3.8, 4) is 0 Å². The summed E-state index contributed by atoms with van der Waals surface area (Å²) in [7, 11) is 0. The topological polar surface area (TPSA) is 26.3 Å². The smallest absolute Gasteiger partial charge is 0.377 e. The van der Waals surface area contributed by atoms with Crippen LogP contribution in [0.1, 0.15) is 136 Å². The van der Waals surface area contributed by atoms with Crippen molar-refractivity contribution >= 4 is 17.7 Å². The maximum Gasteiger partial charge on any atom is 0.377 e. The second-order valence-electron chi connectivity index (χ2n) is 9.00. The monoisotopic (exact) mass is 464 g/mol. The van der Waals surface area contributed by atoms with Gasteiger partial charge in [-0.05, 0) is 50.5 Å². The number of unbranched alkanes of at least 4 members (excludes halogenated alkanes) is 13. The SMILES string of the molecule is CCCCCCCCC(CCCCCCCC)OC(=O)C(F)(F)CCCCCCSC. The third kappa shape index (κ3) is 18.9. The molecule has 0 spiro atoms. The van der Waals surface area contributed by atoms with Crippen LogP contribution in [0.15, 0.2) is 0 Å². The van der Waals surface area contributed by atoms with Crippen molar-refractivity contribution in [2.45, 2.75) is 148 Å².